The molecule has 1 aliphatic heterocycles. The molecule has 0 bridgehead atoms. The van der Waals surface area contributed by atoms with Gasteiger partial charge in [-0.05, 0) is 56.0 Å². The van der Waals surface area contributed by atoms with Gasteiger partial charge < -0.3 is 23.7 Å². The lowest BCUT2D eigenvalue weighted by Gasteiger charge is -2.22. The van der Waals surface area contributed by atoms with Crippen molar-refractivity contribution in [2.24, 2.45) is 5.41 Å². The van der Waals surface area contributed by atoms with E-state index in [4.69, 9.17) is 23.7 Å². The number of methoxy groups -OCH3 is 2. The molecule has 170 valence electrons. The minimum absolute atomic E-state index is 0.127. The van der Waals surface area contributed by atoms with Crippen LogP contribution in [0.4, 0.5) is 0 Å². The topological polar surface area (TPSA) is 80.3 Å². The smallest absolute Gasteiger partial charge is 0.338 e. The van der Waals surface area contributed by atoms with Crippen LogP contribution >= 0.6 is 0 Å². The Morgan fingerprint density at radius 3 is 2.50 bits per heavy atom. The Morgan fingerprint density at radius 1 is 1.09 bits per heavy atom. The molecule has 32 heavy (non-hydrogen) atoms. The molecule has 0 radical (unpaired) electrons. The summed E-state index contributed by atoms with van der Waals surface area (Å²) in [6.07, 6.45) is 2.09. The van der Waals surface area contributed by atoms with Crippen molar-refractivity contribution in [2.45, 2.75) is 45.8 Å². The van der Waals surface area contributed by atoms with Crippen molar-refractivity contribution in [3.63, 3.8) is 0 Å². The summed E-state index contributed by atoms with van der Waals surface area (Å²) in [5.41, 5.74) is 2.39. The van der Waals surface area contributed by atoms with E-state index in [1.165, 1.54) is 0 Å². The molecule has 0 aromatic heterocycles. The van der Waals surface area contributed by atoms with Crippen molar-refractivity contribution in [2.75, 3.05) is 20.8 Å². The molecule has 1 fully saturated rings. The quantitative estimate of drug-likeness (QED) is 0.530. The summed E-state index contributed by atoms with van der Waals surface area (Å²) in [6.45, 7) is 4.30. The van der Waals surface area contributed by atoms with Crippen molar-refractivity contribution >= 4 is 11.9 Å². The van der Waals surface area contributed by atoms with Crippen molar-refractivity contribution in [1.82, 2.24) is 0 Å². The number of cyclic esters (lactones) is 1. The molecule has 0 amide bonds. The van der Waals surface area contributed by atoms with Crippen LogP contribution < -0.4 is 14.2 Å². The Balaban J connectivity index is 1.66. The Morgan fingerprint density at radius 2 is 1.84 bits per heavy atom. The molecule has 0 N–H and O–H groups in total. The van der Waals surface area contributed by atoms with E-state index < -0.39 is 5.41 Å². The highest BCUT2D eigenvalue weighted by atomic mass is 16.6. The zero-order valence-electron chi connectivity index (χ0n) is 18.9. The number of ether oxygens (including phenoxy) is 5. The molecule has 0 saturated heterocycles. The second-order valence-electron chi connectivity index (χ2n) is 8.32. The maximum Gasteiger partial charge on any atom is 0.338 e. The number of hydrogen-bond acceptors (Lipinski definition) is 7. The van der Waals surface area contributed by atoms with Gasteiger partial charge in [0.15, 0.2) is 11.5 Å². The SMILES string of the molecule is CC[C@@H](C)OC(=O)C1(COc2c(-c3ccc4c(c3)COC4=O)ccc(OC)c2OC)CC1. The number of carbonyl (C=O) groups excluding carboxylic acids is 2. The largest absolute Gasteiger partial charge is 0.493 e. The number of esters is 2. The molecule has 4 rings (SSSR count). The van der Waals surface area contributed by atoms with Crippen LogP contribution in [0.1, 0.15) is 49.0 Å². The fraction of sp³-hybridized carbons (Fsp3) is 0.440. The lowest BCUT2D eigenvalue weighted by atomic mass is 9.99. The first-order valence-corrected chi connectivity index (χ1v) is 10.8. The molecule has 0 unspecified atom stereocenters. The minimum Gasteiger partial charge on any atom is -0.493 e. The van der Waals surface area contributed by atoms with E-state index in [1.807, 2.05) is 32.0 Å². The van der Waals surface area contributed by atoms with Crippen LogP contribution in [-0.4, -0.2) is 38.9 Å². The fourth-order valence-electron chi connectivity index (χ4n) is 3.73. The van der Waals surface area contributed by atoms with Gasteiger partial charge in [0, 0.05) is 11.1 Å². The Hall–Kier alpha value is -3.22. The predicted octanol–water partition coefficient (Wildman–Crippen LogP) is 4.54. The monoisotopic (exact) mass is 440 g/mol. The lowest BCUT2D eigenvalue weighted by Crippen LogP contribution is -2.28. The third kappa shape index (κ3) is 3.99. The van der Waals surface area contributed by atoms with Gasteiger partial charge in [-0.3, -0.25) is 4.79 Å². The normalized spacial score (nSPS) is 16.6. The van der Waals surface area contributed by atoms with Gasteiger partial charge in [0.05, 0.1) is 25.9 Å². The van der Waals surface area contributed by atoms with Crippen LogP contribution in [0, 0.1) is 5.41 Å². The molecule has 1 heterocycles. The molecule has 2 aromatic carbocycles. The number of carbonyl (C=O) groups is 2. The van der Waals surface area contributed by atoms with Gasteiger partial charge in [-0.25, -0.2) is 4.79 Å². The summed E-state index contributed by atoms with van der Waals surface area (Å²) in [5.74, 6) is 0.927. The average Bonchev–Trinajstić information content (AvgIpc) is 3.53. The molecule has 1 atom stereocenters. The van der Waals surface area contributed by atoms with Crippen molar-refractivity contribution in [1.29, 1.82) is 0 Å². The van der Waals surface area contributed by atoms with Crippen molar-refractivity contribution in [3.05, 3.63) is 41.5 Å². The van der Waals surface area contributed by atoms with Gasteiger partial charge in [-0.2, -0.15) is 0 Å². The zero-order valence-corrected chi connectivity index (χ0v) is 18.9. The second kappa shape index (κ2) is 8.73. The predicted molar refractivity (Wildman–Crippen MR) is 117 cm³/mol. The van der Waals surface area contributed by atoms with Crippen molar-refractivity contribution in [3.8, 4) is 28.4 Å². The summed E-state index contributed by atoms with van der Waals surface area (Å²) < 4.78 is 28.0. The van der Waals surface area contributed by atoms with Gasteiger partial charge in [0.1, 0.15) is 18.6 Å². The lowest BCUT2D eigenvalue weighted by molar-refractivity contribution is -0.156. The van der Waals surface area contributed by atoms with E-state index in [0.717, 1.165) is 36.0 Å². The van der Waals surface area contributed by atoms with Crippen LogP contribution in [0.5, 0.6) is 17.2 Å². The molecule has 1 saturated carbocycles. The number of rotatable bonds is 9. The number of benzene rings is 2. The Labute approximate surface area is 187 Å². The van der Waals surface area contributed by atoms with E-state index in [2.05, 4.69) is 0 Å². The maximum atomic E-state index is 12.7. The summed E-state index contributed by atoms with van der Waals surface area (Å²) in [6, 6.07) is 9.21. The van der Waals surface area contributed by atoms with E-state index in [0.29, 0.717) is 22.8 Å². The molecular formula is C25H28O7. The molecule has 2 aliphatic rings. The first-order valence-electron chi connectivity index (χ1n) is 10.8. The summed E-state index contributed by atoms with van der Waals surface area (Å²) in [4.78, 5) is 24.5. The van der Waals surface area contributed by atoms with Gasteiger partial charge in [0.25, 0.3) is 0 Å². The Kier molecular flexibility index (Phi) is 6.00. The van der Waals surface area contributed by atoms with E-state index in [1.54, 1.807) is 26.4 Å². The molecule has 7 nitrogen and oxygen atoms in total. The fourth-order valence-corrected chi connectivity index (χ4v) is 3.73. The molecule has 2 aromatic rings. The minimum atomic E-state index is -0.632. The van der Waals surface area contributed by atoms with Gasteiger partial charge in [0.2, 0.25) is 5.75 Å². The highest BCUT2D eigenvalue weighted by Crippen LogP contribution is 2.50. The zero-order chi connectivity index (χ0) is 22.9. The van der Waals surface area contributed by atoms with Crippen LogP contribution in [0.2, 0.25) is 0 Å². The van der Waals surface area contributed by atoms with E-state index in [-0.39, 0.29) is 31.3 Å². The summed E-state index contributed by atoms with van der Waals surface area (Å²) in [7, 11) is 3.11. The van der Waals surface area contributed by atoms with Crippen LogP contribution in [0.25, 0.3) is 11.1 Å². The first-order chi connectivity index (χ1) is 15.4. The summed E-state index contributed by atoms with van der Waals surface area (Å²) >= 11 is 0. The molecule has 7 heteroatoms. The molecule has 0 spiro atoms. The first kappa shape index (κ1) is 22.0. The summed E-state index contributed by atoms with van der Waals surface area (Å²) in [5, 5.41) is 0. The molecular weight excluding hydrogens is 412 g/mol. The third-order valence-electron chi connectivity index (χ3n) is 6.16. The van der Waals surface area contributed by atoms with Gasteiger partial charge in [-0.1, -0.05) is 13.0 Å². The van der Waals surface area contributed by atoms with Crippen LogP contribution in [0.15, 0.2) is 30.3 Å². The number of hydrogen-bond donors (Lipinski definition) is 0. The third-order valence-corrected chi connectivity index (χ3v) is 6.16. The van der Waals surface area contributed by atoms with Crippen molar-refractivity contribution < 1.29 is 33.3 Å². The van der Waals surface area contributed by atoms with Gasteiger partial charge >= 0.3 is 11.9 Å². The highest BCUT2D eigenvalue weighted by molar-refractivity contribution is 5.94. The standard InChI is InChI=1S/C25H28O7/c1-5-15(2)32-24(27)25(10-11-25)14-31-21-18(8-9-20(28-3)22(21)29-4)16-6-7-19-17(12-16)13-30-23(19)26/h6-9,12,15H,5,10-11,13-14H2,1-4H3/t15-/m1/s1. The highest BCUT2D eigenvalue weighted by Gasteiger charge is 2.53. The number of fused-ring (bicyclic) bond motifs is 1. The Bertz CT molecular complexity index is 1040. The van der Waals surface area contributed by atoms with Crippen LogP contribution in [0.3, 0.4) is 0 Å². The van der Waals surface area contributed by atoms with E-state index in [9.17, 15) is 9.59 Å². The average molecular weight is 440 g/mol. The second-order valence-corrected chi connectivity index (χ2v) is 8.32. The van der Waals surface area contributed by atoms with Crippen LogP contribution in [-0.2, 0) is 20.9 Å². The maximum absolute atomic E-state index is 12.7. The van der Waals surface area contributed by atoms with E-state index >= 15 is 0 Å². The van der Waals surface area contributed by atoms with Gasteiger partial charge in [-0.15, -0.1) is 0 Å². The molecule has 1 aliphatic carbocycles.